The number of ether oxygens (including phenoxy) is 1. The van der Waals surface area contributed by atoms with E-state index in [-0.39, 0.29) is 6.61 Å². The summed E-state index contributed by atoms with van der Waals surface area (Å²) in [5.41, 5.74) is 6.22. The summed E-state index contributed by atoms with van der Waals surface area (Å²) in [6, 6.07) is 1.12. The van der Waals surface area contributed by atoms with Crippen molar-refractivity contribution in [1.29, 1.82) is 0 Å². The molecule has 0 amide bonds. The molecule has 1 heterocycles. The van der Waals surface area contributed by atoms with Crippen LogP contribution in [0.3, 0.4) is 0 Å². The van der Waals surface area contributed by atoms with Crippen molar-refractivity contribution in [3.63, 3.8) is 0 Å². The monoisotopic (exact) mass is 202 g/mol. The Labute approximate surface area is 81.3 Å². The van der Waals surface area contributed by atoms with E-state index in [9.17, 15) is 0 Å². The Morgan fingerprint density at radius 1 is 1.77 bits per heavy atom. The molecule has 4 nitrogen and oxygen atoms in total. The Balaban J connectivity index is 3.07. The van der Waals surface area contributed by atoms with Crippen molar-refractivity contribution in [1.82, 2.24) is 4.98 Å². The Morgan fingerprint density at radius 2 is 2.46 bits per heavy atom. The lowest BCUT2D eigenvalue weighted by molar-refractivity contribution is 0.263. The molecule has 0 radical (unpaired) electrons. The molecule has 0 spiro atoms. The third-order valence-corrected chi connectivity index (χ3v) is 1.84. The first-order chi connectivity index (χ1) is 6.19. The number of methoxy groups -OCH3 is 1. The first kappa shape index (κ1) is 10.2. The van der Waals surface area contributed by atoms with Gasteiger partial charge in [-0.15, -0.1) is 0 Å². The van der Waals surface area contributed by atoms with Crippen LogP contribution in [0.15, 0.2) is 12.3 Å². The molecule has 0 saturated carbocycles. The average Bonchev–Trinajstić information content (AvgIpc) is 2.16. The number of pyridine rings is 1. The van der Waals surface area contributed by atoms with Crippen molar-refractivity contribution in [3.8, 4) is 5.88 Å². The van der Waals surface area contributed by atoms with E-state index in [2.05, 4.69) is 4.98 Å². The highest BCUT2D eigenvalue weighted by molar-refractivity contribution is 6.30. The number of hydrogen-bond donors (Lipinski definition) is 2. The van der Waals surface area contributed by atoms with Crippen LogP contribution >= 0.6 is 11.6 Å². The molecule has 1 aromatic rings. The van der Waals surface area contributed by atoms with Crippen LogP contribution in [-0.4, -0.2) is 23.8 Å². The second-order valence-corrected chi connectivity index (χ2v) is 2.98. The van der Waals surface area contributed by atoms with Gasteiger partial charge in [-0.25, -0.2) is 4.98 Å². The first-order valence-corrected chi connectivity index (χ1v) is 4.12. The van der Waals surface area contributed by atoms with E-state index in [0.29, 0.717) is 16.5 Å². The molecule has 0 aliphatic carbocycles. The van der Waals surface area contributed by atoms with Crippen LogP contribution in [0.4, 0.5) is 0 Å². The molecule has 3 N–H and O–H groups in total. The number of aliphatic hydroxyl groups excluding tert-OH is 1. The topological polar surface area (TPSA) is 68.4 Å². The average molecular weight is 203 g/mol. The largest absolute Gasteiger partial charge is 0.481 e. The lowest BCUT2D eigenvalue weighted by atomic mass is 10.1. The van der Waals surface area contributed by atoms with E-state index in [1.807, 2.05) is 0 Å². The molecule has 0 saturated heterocycles. The normalized spacial score (nSPS) is 12.6. The molecule has 0 unspecified atom stereocenters. The van der Waals surface area contributed by atoms with E-state index in [0.717, 1.165) is 0 Å². The van der Waals surface area contributed by atoms with E-state index < -0.39 is 6.04 Å². The minimum absolute atomic E-state index is 0.168. The summed E-state index contributed by atoms with van der Waals surface area (Å²) >= 11 is 5.72. The minimum Gasteiger partial charge on any atom is -0.481 e. The molecule has 72 valence electrons. The SMILES string of the molecule is COc1ncc(Cl)cc1[C@@H](N)CO. The highest BCUT2D eigenvalue weighted by atomic mass is 35.5. The van der Waals surface area contributed by atoms with Gasteiger partial charge in [0, 0.05) is 11.8 Å². The van der Waals surface area contributed by atoms with Crippen LogP contribution in [0.2, 0.25) is 5.02 Å². The van der Waals surface area contributed by atoms with Gasteiger partial charge in [0.2, 0.25) is 5.88 Å². The van der Waals surface area contributed by atoms with Crippen molar-refractivity contribution in [2.75, 3.05) is 13.7 Å². The lowest BCUT2D eigenvalue weighted by Gasteiger charge is -2.12. The second kappa shape index (κ2) is 4.41. The highest BCUT2D eigenvalue weighted by Crippen LogP contribution is 2.23. The molecule has 0 bridgehead atoms. The smallest absolute Gasteiger partial charge is 0.218 e. The summed E-state index contributed by atoms with van der Waals surface area (Å²) in [6.07, 6.45) is 1.47. The highest BCUT2D eigenvalue weighted by Gasteiger charge is 2.12. The standard InChI is InChI=1S/C8H11ClN2O2/c1-13-8-6(7(10)4-12)2-5(9)3-11-8/h2-3,7,12H,4,10H2,1H3/t7-/m0/s1. The molecule has 0 aromatic carbocycles. The van der Waals surface area contributed by atoms with Crippen molar-refractivity contribution in [2.24, 2.45) is 5.73 Å². The molecule has 1 rings (SSSR count). The van der Waals surface area contributed by atoms with Gasteiger partial charge in [0.25, 0.3) is 0 Å². The third kappa shape index (κ3) is 2.30. The lowest BCUT2D eigenvalue weighted by Crippen LogP contribution is -2.16. The predicted octanol–water partition coefficient (Wildman–Crippen LogP) is 0.736. The number of nitrogens with zero attached hydrogens (tertiary/aromatic N) is 1. The van der Waals surface area contributed by atoms with Gasteiger partial charge in [-0.05, 0) is 6.07 Å². The zero-order valence-corrected chi connectivity index (χ0v) is 7.95. The van der Waals surface area contributed by atoms with Gasteiger partial charge in [-0.3, -0.25) is 0 Å². The fraction of sp³-hybridized carbons (Fsp3) is 0.375. The van der Waals surface area contributed by atoms with Crippen LogP contribution < -0.4 is 10.5 Å². The Hall–Kier alpha value is -0.840. The number of halogens is 1. The van der Waals surface area contributed by atoms with Gasteiger partial charge in [0.15, 0.2) is 0 Å². The van der Waals surface area contributed by atoms with Crippen LogP contribution in [-0.2, 0) is 0 Å². The van der Waals surface area contributed by atoms with Crippen molar-refractivity contribution >= 4 is 11.6 Å². The zero-order chi connectivity index (χ0) is 9.84. The number of aromatic nitrogens is 1. The van der Waals surface area contributed by atoms with E-state index >= 15 is 0 Å². The zero-order valence-electron chi connectivity index (χ0n) is 7.20. The van der Waals surface area contributed by atoms with E-state index in [4.69, 9.17) is 27.2 Å². The van der Waals surface area contributed by atoms with Crippen LogP contribution in [0.5, 0.6) is 5.88 Å². The summed E-state index contributed by atoms with van der Waals surface area (Å²) in [6.45, 7) is -0.168. The number of hydrogen-bond acceptors (Lipinski definition) is 4. The summed E-state index contributed by atoms with van der Waals surface area (Å²) in [5, 5.41) is 9.32. The minimum atomic E-state index is -0.513. The van der Waals surface area contributed by atoms with Gasteiger partial charge in [-0.2, -0.15) is 0 Å². The summed E-state index contributed by atoms with van der Waals surface area (Å²) in [4.78, 5) is 3.92. The van der Waals surface area contributed by atoms with Gasteiger partial charge in [0.1, 0.15) is 0 Å². The second-order valence-electron chi connectivity index (χ2n) is 2.54. The number of rotatable bonds is 3. The quantitative estimate of drug-likeness (QED) is 0.759. The van der Waals surface area contributed by atoms with Gasteiger partial charge in [-0.1, -0.05) is 11.6 Å². The van der Waals surface area contributed by atoms with E-state index in [1.165, 1.54) is 13.3 Å². The molecule has 1 atom stereocenters. The maximum atomic E-state index is 8.85. The van der Waals surface area contributed by atoms with Crippen molar-refractivity contribution in [3.05, 3.63) is 22.8 Å². The molecule has 1 aromatic heterocycles. The fourth-order valence-corrected chi connectivity index (χ4v) is 1.14. The van der Waals surface area contributed by atoms with Crippen LogP contribution in [0.1, 0.15) is 11.6 Å². The summed E-state index contributed by atoms with van der Waals surface area (Å²) in [7, 11) is 1.49. The van der Waals surface area contributed by atoms with Gasteiger partial charge < -0.3 is 15.6 Å². The predicted molar refractivity (Wildman–Crippen MR) is 49.8 cm³/mol. The Kier molecular flexibility index (Phi) is 3.48. The van der Waals surface area contributed by atoms with Crippen LogP contribution in [0.25, 0.3) is 0 Å². The molecule has 13 heavy (non-hydrogen) atoms. The summed E-state index contributed by atoms with van der Waals surface area (Å²) < 4.78 is 4.96. The molecule has 5 heteroatoms. The Morgan fingerprint density at radius 3 is 3.00 bits per heavy atom. The first-order valence-electron chi connectivity index (χ1n) is 3.75. The molecule has 0 aliphatic rings. The van der Waals surface area contributed by atoms with Gasteiger partial charge in [0.05, 0.1) is 24.8 Å². The maximum absolute atomic E-state index is 8.85. The fourth-order valence-electron chi connectivity index (χ4n) is 0.977. The van der Waals surface area contributed by atoms with Crippen LogP contribution in [0, 0.1) is 0 Å². The van der Waals surface area contributed by atoms with Gasteiger partial charge >= 0.3 is 0 Å². The van der Waals surface area contributed by atoms with Crippen molar-refractivity contribution in [2.45, 2.75) is 6.04 Å². The molecular weight excluding hydrogens is 192 g/mol. The van der Waals surface area contributed by atoms with E-state index in [1.54, 1.807) is 6.07 Å². The summed E-state index contributed by atoms with van der Waals surface area (Å²) in [5.74, 6) is 0.394. The number of nitrogens with two attached hydrogens (primary N) is 1. The number of aliphatic hydroxyl groups is 1. The molecular formula is C8H11ClN2O2. The van der Waals surface area contributed by atoms with Crippen molar-refractivity contribution < 1.29 is 9.84 Å². The Bertz CT molecular complexity index is 293. The third-order valence-electron chi connectivity index (χ3n) is 1.63. The molecule has 0 fully saturated rings. The maximum Gasteiger partial charge on any atom is 0.218 e. The molecule has 0 aliphatic heterocycles.